The summed E-state index contributed by atoms with van der Waals surface area (Å²) in [4.78, 5) is 68.1. The van der Waals surface area contributed by atoms with E-state index in [1.807, 2.05) is 39.8 Å². The average Bonchev–Trinajstić information content (AvgIpc) is 3.76. The number of aliphatic carboxylic acids is 2. The first-order valence-electron chi connectivity index (χ1n) is 17.5. The van der Waals surface area contributed by atoms with Crippen molar-refractivity contribution in [2.24, 2.45) is 5.73 Å². The fourth-order valence-electron chi connectivity index (χ4n) is 7.32. The first kappa shape index (κ1) is 37.7. The number of nitrogens with zero attached hydrogens (tertiary/aromatic N) is 2. The Balaban J connectivity index is 1.95. The number of H-pyrrole nitrogens is 2. The number of hydrogen-bond acceptors (Lipinski definition) is 7. The van der Waals surface area contributed by atoms with Gasteiger partial charge in [0.05, 0.1) is 28.2 Å². The Morgan fingerprint density at radius 3 is 2.27 bits per heavy atom. The number of unbranched alkanes of at least 4 members (excludes halogenated alkanes) is 1. The second-order valence-electron chi connectivity index (χ2n) is 13.5. The summed E-state index contributed by atoms with van der Waals surface area (Å²) < 4.78 is 0. The maximum Gasteiger partial charge on any atom is 0.339 e. The average molecular weight is 711 g/mol. The Morgan fingerprint density at radius 1 is 0.962 bits per heavy atom. The summed E-state index contributed by atoms with van der Waals surface area (Å²) in [5.41, 5.74) is 13.2. The van der Waals surface area contributed by atoms with Gasteiger partial charge in [-0.05, 0) is 99.9 Å². The summed E-state index contributed by atoms with van der Waals surface area (Å²) in [6.45, 7) is 13.9. The fourth-order valence-corrected chi connectivity index (χ4v) is 7.32. The highest BCUT2D eigenvalue weighted by Crippen LogP contribution is 2.43. The molecule has 3 aromatic heterocycles. The van der Waals surface area contributed by atoms with Gasteiger partial charge >= 0.3 is 17.9 Å². The molecule has 0 aliphatic carbocycles. The molecule has 0 saturated carbocycles. The number of fused-ring (bicyclic) bond motifs is 8. The topological polar surface area (TPSA) is 224 Å². The van der Waals surface area contributed by atoms with E-state index in [9.17, 15) is 34.5 Å². The molecule has 2 aliphatic heterocycles. The molecule has 3 aromatic rings. The zero-order chi connectivity index (χ0) is 38.0. The Morgan fingerprint density at radius 2 is 1.65 bits per heavy atom. The van der Waals surface area contributed by atoms with Crippen molar-refractivity contribution in [2.45, 2.75) is 91.0 Å². The van der Waals surface area contributed by atoms with Crippen LogP contribution in [0.15, 0.2) is 24.8 Å². The highest BCUT2D eigenvalue weighted by molar-refractivity contribution is 6.11. The minimum Gasteiger partial charge on any atom is -0.481 e. The molecule has 52 heavy (non-hydrogen) atoms. The molecule has 0 fully saturated rings. The lowest BCUT2D eigenvalue weighted by atomic mass is 9.85. The number of carboxylic acids is 3. The van der Waals surface area contributed by atoms with Crippen LogP contribution in [0.5, 0.6) is 0 Å². The van der Waals surface area contributed by atoms with E-state index in [1.54, 1.807) is 19.1 Å². The number of amides is 1. The van der Waals surface area contributed by atoms with Crippen LogP contribution < -0.4 is 11.1 Å². The van der Waals surface area contributed by atoms with E-state index in [4.69, 9.17) is 15.7 Å². The van der Waals surface area contributed by atoms with Crippen LogP contribution in [-0.2, 0) is 9.59 Å². The predicted molar refractivity (Wildman–Crippen MR) is 200 cm³/mol. The van der Waals surface area contributed by atoms with E-state index in [1.165, 1.54) is 0 Å². The third-order valence-corrected chi connectivity index (χ3v) is 10.3. The van der Waals surface area contributed by atoms with Crippen LogP contribution in [-0.4, -0.2) is 71.7 Å². The quantitative estimate of drug-likeness (QED) is 0.0932. The molecule has 5 heterocycles. The van der Waals surface area contributed by atoms with Gasteiger partial charge in [0.2, 0.25) is 0 Å². The summed E-state index contributed by atoms with van der Waals surface area (Å²) in [5.74, 6) is -5.45. The van der Waals surface area contributed by atoms with Crippen molar-refractivity contribution < 1.29 is 34.5 Å². The number of carbonyl (C=O) groups is 4. The van der Waals surface area contributed by atoms with E-state index in [0.717, 1.165) is 39.0 Å². The predicted octanol–water partition coefficient (Wildman–Crippen LogP) is 6.68. The number of hydrogen-bond donors (Lipinski definition) is 7. The van der Waals surface area contributed by atoms with Gasteiger partial charge in [-0.2, -0.15) is 0 Å². The smallest absolute Gasteiger partial charge is 0.339 e. The van der Waals surface area contributed by atoms with Gasteiger partial charge in [0.25, 0.3) is 5.91 Å². The molecule has 274 valence electrons. The summed E-state index contributed by atoms with van der Waals surface area (Å²) >= 11 is 0. The first-order valence-corrected chi connectivity index (χ1v) is 17.5. The number of aromatic amines is 2. The normalized spacial score (nSPS) is 16.1. The summed E-state index contributed by atoms with van der Waals surface area (Å²) in [5, 5.41) is 33.1. The minimum atomic E-state index is -1.38. The van der Waals surface area contributed by atoms with Crippen LogP contribution in [0.3, 0.4) is 0 Å². The molecule has 8 bridgehead atoms. The fraction of sp³-hybridized carbons (Fsp3) is 0.385. The maximum atomic E-state index is 14.2. The Bertz CT molecular complexity index is 2180. The van der Waals surface area contributed by atoms with Gasteiger partial charge in [-0.1, -0.05) is 26.5 Å². The van der Waals surface area contributed by atoms with E-state index < -0.39 is 41.7 Å². The van der Waals surface area contributed by atoms with Crippen LogP contribution in [0.4, 0.5) is 0 Å². The molecule has 0 radical (unpaired) electrons. The van der Waals surface area contributed by atoms with Gasteiger partial charge in [-0.25, -0.2) is 14.6 Å². The van der Waals surface area contributed by atoms with Gasteiger partial charge in [-0.15, -0.1) is 0 Å². The third-order valence-electron chi connectivity index (χ3n) is 10.3. The van der Waals surface area contributed by atoms with Crippen molar-refractivity contribution in [3.05, 3.63) is 75.4 Å². The number of nitrogens with two attached hydrogens (primary N) is 1. The Hall–Kier alpha value is -5.56. The molecular weight excluding hydrogens is 664 g/mol. The van der Waals surface area contributed by atoms with Gasteiger partial charge < -0.3 is 36.3 Å². The van der Waals surface area contributed by atoms with E-state index in [0.29, 0.717) is 48.3 Å². The van der Waals surface area contributed by atoms with Gasteiger partial charge in [0, 0.05) is 46.1 Å². The zero-order valence-corrected chi connectivity index (χ0v) is 30.1. The number of aromatic nitrogens is 4. The molecule has 5 rings (SSSR count). The van der Waals surface area contributed by atoms with Crippen molar-refractivity contribution >= 4 is 63.1 Å². The molecule has 1 unspecified atom stereocenters. The monoisotopic (exact) mass is 710 g/mol. The van der Waals surface area contributed by atoms with Gasteiger partial charge in [0.1, 0.15) is 11.6 Å². The summed E-state index contributed by atoms with van der Waals surface area (Å²) in [6, 6.07) is 4.33. The number of allylic oxidation sites excluding steroid dienone is 2. The molecule has 0 aromatic carbocycles. The molecule has 1 amide bonds. The number of aromatic carboxylic acids is 1. The van der Waals surface area contributed by atoms with Crippen LogP contribution in [0, 0.1) is 13.8 Å². The molecule has 2 aliphatic rings. The van der Waals surface area contributed by atoms with Crippen molar-refractivity contribution in [1.29, 1.82) is 0 Å². The van der Waals surface area contributed by atoms with Crippen LogP contribution in [0.25, 0.3) is 39.3 Å². The second-order valence-corrected chi connectivity index (χ2v) is 13.5. The second kappa shape index (κ2) is 15.4. The van der Waals surface area contributed by atoms with Crippen molar-refractivity contribution in [3.8, 4) is 0 Å². The van der Waals surface area contributed by atoms with Gasteiger partial charge in [0.15, 0.2) is 0 Å². The molecule has 13 nitrogen and oxygen atoms in total. The molecule has 13 heteroatoms. The Kier molecular flexibility index (Phi) is 11.1. The number of aryl methyl sites for hydroxylation is 2. The minimum absolute atomic E-state index is 0.0454. The zero-order valence-electron chi connectivity index (χ0n) is 30.1. The molecular formula is C39H46N6O7. The lowest BCUT2D eigenvalue weighted by Gasteiger charge is -2.17. The number of carbonyl (C=O) groups excluding carboxylic acids is 1. The summed E-state index contributed by atoms with van der Waals surface area (Å²) in [6.07, 6.45) is 3.42. The van der Waals surface area contributed by atoms with Crippen LogP contribution in [0.1, 0.15) is 131 Å². The largest absolute Gasteiger partial charge is 0.481 e. The van der Waals surface area contributed by atoms with E-state index in [2.05, 4.69) is 21.9 Å². The highest BCUT2D eigenvalue weighted by Gasteiger charge is 2.35. The molecule has 0 saturated heterocycles. The molecule has 3 atom stereocenters. The van der Waals surface area contributed by atoms with Crippen molar-refractivity contribution in [3.63, 3.8) is 0 Å². The van der Waals surface area contributed by atoms with Gasteiger partial charge in [-0.3, -0.25) is 14.6 Å². The number of rotatable bonds is 13. The standard InChI is InChI=1S/C39H46N6O7/c1-7-22-18(3)26-15-28-20(5)24(12-13-32(46)47)35(43-28)34(39(51)52)36-33(37(48)45-25(38(49)50)11-9-10-14-40)21(6)29(44-36)17-31-23(8-2)19(4)27(42-31)16-30(22)41-26/h7,15-17,20,24-25,41,44H,1,8-14,40H2,2-6H3,(H,45,48)(H,46,47)(H,49,50)(H,51,52)/t20-,24-,25?/m0/s1. The van der Waals surface area contributed by atoms with E-state index >= 15 is 0 Å². The van der Waals surface area contributed by atoms with Crippen LogP contribution >= 0.6 is 0 Å². The summed E-state index contributed by atoms with van der Waals surface area (Å²) in [7, 11) is 0. The van der Waals surface area contributed by atoms with E-state index in [-0.39, 0.29) is 41.6 Å². The first-order chi connectivity index (χ1) is 24.7. The van der Waals surface area contributed by atoms with Crippen molar-refractivity contribution in [2.75, 3.05) is 6.54 Å². The third kappa shape index (κ3) is 7.13. The number of nitrogens with one attached hydrogen (secondary N) is 3. The lowest BCUT2D eigenvalue weighted by Crippen LogP contribution is -2.41. The lowest BCUT2D eigenvalue weighted by molar-refractivity contribution is -0.139. The van der Waals surface area contributed by atoms with Crippen LogP contribution in [0.2, 0.25) is 0 Å². The molecule has 0 spiro atoms. The Labute approximate surface area is 301 Å². The highest BCUT2D eigenvalue weighted by atomic mass is 16.4. The maximum absolute atomic E-state index is 14.2. The number of carboxylic acid groups (broad SMARTS) is 3. The van der Waals surface area contributed by atoms with Crippen molar-refractivity contribution in [1.82, 2.24) is 25.3 Å². The SMILES string of the molecule is C=Cc1c(C)c2cc3nc(c(C(=O)O)c4[nH]c(cc5nc(cc1[nH]2)C(C)=C5CC)c(C)c4C(=O)NC(CCCCN)C(=O)O)[C@@H](CCC(=O)O)[C@@H]3C. The molecule has 8 N–H and O–H groups in total.